The number of nitrogens with zero attached hydrogens (tertiary/aromatic N) is 2. The monoisotopic (exact) mass is 707 g/mol. The number of ether oxygens (including phenoxy) is 2. The Kier molecular flexibility index (Phi) is 12.5. The molecular formula is C37H40F3N5O4S. The minimum atomic E-state index is -4.55. The van der Waals surface area contributed by atoms with Gasteiger partial charge in [-0.2, -0.15) is 13.2 Å². The average Bonchev–Trinajstić information content (AvgIpc) is 3.11. The van der Waals surface area contributed by atoms with Gasteiger partial charge in [-0.25, -0.2) is 14.8 Å². The van der Waals surface area contributed by atoms with Gasteiger partial charge in [0.2, 0.25) is 5.91 Å². The summed E-state index contributed by atoms with van der Waals surface area (Å²) in [4.78, 5) is 34.5. The highest BCUT2D eigenvalue weighted by atomic mass is 32.2. The number of methoxy groups -OCH3 is 1. The van der Waals surface area contributed by atoms with Gasteiger partial charge in [-0.1, -0.05) is 90.6 Å². The SMILES string of the molecule is COC(=O)N[C@H](C(=O)Nc1ccccc1CC[C@@H]1CN[C@H](C)[C@@H](CSc2nc(C)cc(C(F)(F)F)n2)O1)C(c1ccccc1)c1ccccc1. The first-order chi connectivity index (χ1) is 24.0. The average molecular weight is 708 g/mol. The first-order valence-corrected chi connectivity index (χ1v) is 17.3. The number of hydrogen-bond donors (Lipinski definition) is 3. The van der Waals surface area contributed by atoms with Gasteiger partial charge in [0.1, 0.15) is 11.7 Å². The van der Waals surface area contributed by atoms with Crippen LogP contribution in [0.15, 0.2) is 96.2 Å². The number of rotatable bonds is 12. The molecule has 1 aliphatic rings. The molecule has 9 nitrogen and oxygen atoms in total. The molecule has 3 N–H and O–H groups in total. The zero-order valence-electron chi connectivity index (χ0n) is 27.9. The molecule has 0 unspecified atom stereocenters. The van der Waals surface area contributed by atoms with Crippen LogP contribution in [0.1, 0.15) is 47.3 Å². The third-order valence-electron chi connectivity index (χ3n) is 8.50. The number of hydrogen-bond acceptors (Lipinski definition) is 8. The Morgan fingerprint density at radius 3 is 2.28 bits per heavy atom. The number of aryl methyl sites for hydroxylation is 2. The summed E-state index contributed by atoms with van der Waals surface area (Å²) < 4.78 is 51.2. The number of para-hydroxylation sites is 1. The summed E-state index contributed by atoms with van der Waals surface area (Å²) in [7, 11) is 1.26. The van der Waals surface area contributed by atoms with E-state index in [0.29, 0.717) is 30.8 Å². The molecule has 0 aliphatic carbocycles. The van der Waals surface area contributed by atoms with Gasteiger partial charge in [0.25, 0.3) is 0 Å². The van der Waals surface area contributed by atoms with Crippen molar-refractivity contribution in [1.82, 2.24) is 20.6 Å². The predicted octanol–water partition coefficient (Wildman–Crippen LogP) is 6.77. The fourth-order valence-electron chi connectivity index (χ4n) is 5.89. The van der Waals surface area contributed by atoms with E-state index in [2.05, 4.69) is 25.9 Å². The number of halogens is 3. The van der Waals surface area contributed by atoms with E-state index in [1.165, 1.54) is 14.0 Å². The quantitative estimate of drug-likeness (QED) is 0.109. The van der Waals surface area contributed by atoms with Crippen molar-refractivity contribution in [2.75, 3.05) is 24.7 Å². The second-order valence-electron chi connectivity index (χ2n) is 12.1. The molecule has 2 amide bonds. The summed E-state index contributed by atoms with van der Waals surface area (Å²) in [6.45, 7) is 4.08. The van der Waals surface area contributed by atoms with Gasteiger partial charge in [-0.3, -0.25) is 4.79 Å². The smallest absolute Gasteiger partial charge is 0.433 e. The fourth-order valence-corrected chi connectivity index (χ4v) is 6.95. The number of carbonyl (C=O) groups is 2. The molecule has 5 rings (SSSR count). The Morgan fingerprint density at radius 2 is 1.64 bits per heavy atom. The normalized spacial score (nSPS) is 18.3. The van der Waals surface area contributed by atoms with Crippen molar-refractivity contribution in [3.8, 4) is 0 Å². The zero-order chi connectivity index (χ0) is 35.7. The van der Waals surface area contributed by atoms with Crippen LogP contribution in [0, 0.1) is 6.92 Å². The van der Waals surface area contributed by atoms with E-state index < -0.39 is 35.8 Å². The lowest BCUT2D eigenvalue weighted by Gasteiger charge is -2.36. The molecule has 4 aromatic rings. The molecular weight excluding hydrogens is 667 g/mol. The largest absolute Gasteiger partial charge is 0.453 e. The zero-order valence-corrected chi connectivity index (χ0v) is 28.8. The molecule has 0 spiro atoms. The summed E-state index contributed by atoms with van der Waals surface area (Å²) in [5, 5.41) is 9.33. The van der Waals surface area contributed by atoms with Crippen molar-refractivity contribution < 1.29 is 32.2 Å². The Labute approximate surface area is 293 Å². The van der Waals surface area contributed by atoms with Gasteiger partial charge in [0.05, 0.1) is 19.3 Å². The molecule has 1 fully saturated rings. The summed E-state index contributed by atoms with van der Waals surface area (Å²) in [5.41, 5.74) is 2.47. The van der Waals surface area contributed by atoms with E-state index in [-0.39, 0.29) is 29.1 Å². The molecule has 0 saturated carbocycles. The van der Waals surface area contributed by atoms with Crippen LogP contribution in [0.4, 0.5) is 23.7 Å². The maximum Gasteiger partial charge on any atom is 0.433 e. The molecule has 13 heteroatoms. The van der Waals surface area contributed by atoms with Crippen LogP contribution in [-0.2, 0) is 26.9 Å². The molecule has 1 saturated heterocycles. The van der Waals surface area contributed by atoms with Gasteiger partial charge in [0.15, 0.2) is 5.16 Å². The van der Waals surface area contributed by atoms with E-state index in [9.17, 15) is 22.8 Å². The number of nitrogens with one attached hydrogen (secondary N) is 3. The number of alkyl carbamates (subject to hydrolysis) is 1. The first-order valence-electron chi connectivity index (χ1n) is 16.3. The van der Waals surface area contributed by atoms with Gasteiger partial charge in [-0.15, -0.1) is 0 Å². The van der Waals surface area contributed by atoms with Crippen molar-refractivity contribution in [3.05, 3.63) is 119 Å². The van der Waals surface area contributed by atoms with Crippen LogP contribution < -0.4 is 16.0 Å². The van der Waals surface area contributed by atoms with Crippen LogP contribution in [0.25, 0.3) is 0 Å². The standard InChI is InChI=1S/C37H40F3N5O4S/c1-23-20-31(37(38,39)40)44-35(42-23)50-22-30-24(2)41-21-28(49-30)19-18-25-12-10-11-17-29(25)43-34(46)33(45-36(47)48-3)32(26-13-6-4-7-14-26)27-15-8-5-9-16-27/h4-17,20,24,28,30,32-33,41H,18-19,21-22H2,1-3H3,(H,43,46)(H,45,47)/t24-,28-,30-,33+/m1/s1. The second kappa shape index (κ2) is 17.0. The van der Waals surface area contributed by atoms with Crippen LogP contribution >= 0.6 is 11.8 Å². The lowest BCUT2D eigenvalue weighted by atomic mass is 9.84. The number of carbonyl (C=O) groups excluding carboxylic acids is 2. The number of aromatic nitrogens is 2. The minimum Gasteiger partial charge on any atom is -0.453 e. The maximum atomic E-state index is 14.1. The van der Waals surface area contributed by atoms with E-state index in [1.807, 2.05) is 91.9 Å². The molecule has 2 heterocycles. The Morgan fingerprint density at radius 1 is 1.00 bits per heavy atom. The minimum absolute atomic E-state index is 0.0290. The topological polar surface area (TPSA) is 114 Å². The highest BCUT2D eigenvalue weighted by molar-refractivity contribution is 7.99. The van der Waals surface area contributed by atoms with Crippen molar-refractivity contribution in [2.24, 2.45) is 0 Å². The third kappa shape index (κ3) is 9.83. The van der Waals surface area contributed by atoms with E-state index in [1.54, 1.807) is 0 Å². The Bertz CT molecular complexity index is 1690. The van der Waals surface area contributed by atoms with Crippen molar-refractivity contribution >= 4 is 29.4 Å². The molecule has 1 aromatic heterocycles. The van der Waals surface area contributed by atoms with E-state index in [0.717, 1.165) is 34.5 Å². The third-order valence-corrected chi connectivity index (χ3v) is 9.43. The van der Waals surface area contributed by atoms with Crippen LogP contribution in [0.5, 0.6) is 0 Å². The predicted molar refractivity (Wildman–Crippen MR) is 186 cm³/mol. The number of anilines is 1. The number of morpholine rings is 1. The molecule has 4 atom stereocenters. The number of alkyl halides is 3. The first kappa shape index (κ1) is 36.8. The lowest BCUT2D eigenvalue weighted by molar-refractivity contribution is -0.141. The lowest BCUT2D eigenvalue weighted by Crippen LogP contribution is -2.52. The number of thioether (sulfide) groups is 1. The van der Waals surface area contributed by atoms with Crippen LogP contribution in [0.3, 0.4) is 0 Å². The van der Waals surface area contributed by atoms with E-state index in [4.69, 9.17) is 9.47 Å². The van der Waals surface area contributed by atoms with Gasteiger partial charge in [0, 0.05) is 35.6 Å². The highest BCUT2D eigenvalue weighted by Crippen LogP contribution is 2.32. The van der Waals surface area contributed by atoms with Crippen LogP contribution in [0.2, 0.25) is 0 Å². The van der Waals surface area contributed by atoms with Crippen molar-refractivity contribution in [3.63, 3.8) is 0 Å². The summed E-state index contributed by atoms with van der Waals surface area (Å²) in [6.07, 6.45) is -4.56. The van der Waals surface area contributed by atoms with Crippen LogP contribution in [-0.4, -0.2) is 65.7 Å². The van der Waals surface area contributed by atoms with Gasteiger partial charge < -0.3 is 25.4 Å². The van der Waals surface area contributed by atoms with Gasteiger partial charge >= 0.3 is 12.3 Å². The van der Waals surface area contributed by atoms with E-state index >= 15 is 0 Å². The number of amides is 2. The van der Waals surface area contributed by atoms with Crippen molar-refractivity contribution in [1.29, 1.82) is 0 Å². The molecule has 50 heavy (non-hydrogen) atoms. The Hall–Kier alpha value is -4.46. The fraction of sp³-hybridized carbons (Fsp3) is 0.351. The number of benzene rings is 3. The van der Waals surface area contributed by atoms with Gasteiger partial charge in [-0.05, 0) is 55.5 Å². The molecule has 0 radical (unpaired) electrons. The molecule has 264 valence electrons. The Balaban J connectivity index is 1.27. The molecule has 0 bridgehead atoms. The summed E-state index contributed by atoms with van der Waals surface area (Å²) in [6, 6.07) is 26.4. The van der Waals surface area contributed by atoms with Crippen molar-refractivity contribution in [2.45, 2.75) is 68.2 Å². The molecule has 3 aromatic carbocycles. The summed E-state index contributed by atoms with van der Waals surface area (Å²) >= 11 is 1.13. The summed E-state index contributed by atoms with van der Waals surface area (Å²) in [5.74, 6) is -0.544. The second-order valence-corrected chi connectivity index (χ2v) is 13.1. The molecule has 1 aliphatic heterocycles. The highest BCUT2D eigenvalue weighted by Gasteiger charge is 2.35. The maximum absolute atomic E-state index is 14.1.